The van der Waals surface area contributed by atoms with Crippen molar-refractivity contribution in [3.05, 3.63) is 66.0 Å². The predicted octanol–water partition coefficient (Wildman–Crippen LogP) is 6.01. The van der Waals surface area contributed by atoms with E-state index in [0.29, 0.717) is 58.0 Å². The Morgan fingerprint density at radius 3 is 2.64 bits per heavy atom. The van der Waals surface area contributed by atoms with Crippen molar-refractivity contribution in [2.45, 2.75) is 64.0 Å². The summed E-state index contributed by atoms with van der Waals surface area (Å²) in [6.07, 6.45) is 12.0. The van der Waals surface area contributed by atoms with E-state index in [-0.39, 0.29) is 11.2 Å². The summed E-state index contributed by atoms with van der Waals surface area (Å²) in [5.74, 6) is 2.69. The summed E-state index contributed by atoms with van der Waals surface area (Å²) in [5, 5.41) is 20.2. The summed E-state index contributed by atoms with van der Waals surface area (Å²) in [4.78, 5) is 18.4. The van der Waals surface area contributed by atoms with Gasteiger partial charge in [0.15, 0.2) is 11.0 Å². The lowest BCUT2D eigenvalue weighted by Gasteiger charge is -2.57. The molecule has 1 aromatic carbocycles. The second-order valence-corrected chi connectivity index (χ2v) is 14.5. The van der Waals surface area contributed by atoms with Gasteiger partial charge in [-0.15, -0.1) is 15.3 Å². The fraction of sp³-hybridized carbons (Fsp3) is 0.500. The molecule has 2 saturated carbocycles. The second kappa shape index (κ2) is 12.2. The number of benzene rings is 1. The molecular formula is C34H38ClFN10O. The fourth-order valence-electron chi connectivity index (χ4n) is 8.05. The molecule has 47 heavy (non-hydrogen) atoms. The van der Waals surface area contributed by atoms with Crippen LogP contribution in [0.5, 0.6) is 11.6 Å². The fourth-order valence-corrected chi connectivity index (χ4v) is 8.22. The molecule has 4 aromatic rings. The van der Waals surface area contributed by atoms with Crippen LogP contribution < -0.4 is 15.0 Å². The summed E-state index contributed by atoms with van der Waals surface area (Å²) in [5.41, 5.74) is 3.44. The molecule has 2 saturated heterocycles. The van der Waals surface area contributed by atoms with E-state index in [9.17, 15) is 4.39 Å². The van der Waals surface area contributed by atoms with Crippen molar-refractivity contribution in [1.82, 2.24) is 40.2 Å². The van der Waals surface area contributed by atoms with Crippen LogP contribution in [0.4, 0.5) is 15.9 Å². The Labute approximate surface area is 278 Å². The maximum absolute atomic E-state index is 14.6. The van der Waals surface area contributed by atoms with E-state index >= 15 is 0 Å². The first-order valence-corrected chi connectivity index (χ1v) is 16.9. The van der Waals surface area contributed by atoms with E-state index in [2.05, 4.69) is 64.3 Å². The number of nitrogens with zero attached hydrogens (tertiary/aromatic N) is 9. The molecule has 8 rings (SSSR count). The molecule has 1 N–H and O–H groups in total. The Balaban J connectivity index is 0.940. The number of hydrogen-bond acceptors (Lipinski definition) is 11. The third kappa shape index (κ3) is 6.09. The maximum Gasteiger partial charge on any atom is 0.282 e. The van der Waals surface area contributed by atoms with Crippen molar-refractivity contribution in [3.63, 3.8) is 0 Å². The van der Waals surface area contributed by atoms with Gasteiger partial charge in [0.2, 0.25) is 0 Å². The van der Waals surface area contributed by atoms with Crippen LogP contribution in [0, 0.1) is 23.1 Å². The maximum atomic E-state index is 14.6. The van der Waals surface area contributed by atoms with Crippen LogP contribution in [-0.4, -0.2) is 78.5 Å². The minimum absolute atomic E-state index is 0.206. The summed E-state index contributed by atoms with van der Waals surface area (Å²) >= 11 is 6.02. The van der Waals surface area contributed by atoms with Crippen molar-refractivity contribution < 1.29 is 9.13 Å². The Morgan fingerprint density at radius 2 is 1.85 bits per heavy atom. The smallest absolute Gasteiger partial charge is 0.282 e. The van der Waals surface area contributed by atoms with E-state index in [1.165, 1.54) is 18.5 Å². The van der Waals surface area contributed by atoms with Gasteiger partial charge in [-0.1, -0.05) is 25.4 Å². The first-order chi connectivity index (χ1) is 22.8. The zero-order valence-corrected chi connectivity index (χ0v) is 27.3. The molecular weight excluding hydrogens is 619 g/mol. The lowest BCUT2D eigenvalue weighted by molar-refractivity contribution is -0.0656. The van der Waals surface area contributed by atoms with Gasteiger partial charge >= 0.3 is 0 Å². The highest BCUT2D eigenvalue weighted by Crippen LogP contribution is 2.49. The van der Waals surface area contributed by atoms with Crippen LogP contribution >= 0.6 is 11.6 Å². The number of hydrogen-bond donors (Lipinski definition) is 1. The number of anilines is 2. The molecule has 0 radical (unpaired) electrons. The molecule has 244 valence electrons. The quantitative estimate of drug-likeness (QED) is 0.216. The Morgan fingerprint density at radius 1 is 1.00 bits per heavy atom. The van der Waals surface area contributed by atoms with Gasteiger partial charge in [0.1, 0.15) is 24.2 Å². The third-order valence-corrected chi connectivity index (χ3v) is 10.5. The number of rotatable bonds is 10. The molecule has 1 spiro atoms. The molecule has 0 amide bonds. The van der Waals surface area contributed by atoms with Crippen molar-refractivity contribution in [3.8, 4) is 22.8 Å². The van der Waals surface area contributed by atoms with Gasteiger partial charge in [0.25, 0.3) is 5.88 Å². The van der Waals surface area contributed by atoms with Crippen LogP contribution in [0.1, 0.15) is 57.6 Å². The van der Waals surface area contributed by atoms with Gasteiger partial charge in [-0.25, -0.2) is 19.3 Å². The summed E-state index contributed by atoms with van der Waals surface area (Å²) < 4.78 is 21.0. The van der Waals surface area contributed by atoms with Crippen LogP contribution in [0.3, 0.4) is 0 Å². The first kappa shape index (κ1) is 30.3. The monoisotopic (exact) mass is 656 g/mol. The van der Waals surface area contributed by atoms with Gasteiger partial charge in [-0.05, 0) is 62.1 Å². The van der Waals surface area contributed by atoms with Gasteiger partial charge < -0.3 is 15.0 Å². The molecule has 4 fully saturated rings. The van der Waals surface area contributed by atoms with Crippen LogP contribution in [-0.2, 0) is 0 Å². The SMILES string of the molecule is CC(C)[C@H](C1CC(Nc2cnnc(Cl)c2)C1)N1CC2(CCN(c3ncnnc3Oc3ccc(F)cc3-c3cncnc3C3CC3)C2)C1. The van der Waals surface area contributed by atoms with Crippen molar-refractivity contribution >= 4 is 23.1 Å². The van der Waals surface area contributed by atoms with E-state index in [4.69, 9.17) is 16.3 Å². The highest BCUT2D eigenvalue weighted by molar-refractivity contribution is 6.29. The molecule has 5 heterocycles. The van der Waals surface area contributed by atoms with E-state index in [0.717, 1.165) is 75.2 Å². The van der Waals surface area contributed by atoms with E-state index < -0.39 is 0 Å². The van der Waals surface area contributed by atoms with Gasteiger partial charge in [-0.2, -0.15) is 5.10 Å². The topological polar surface area (TPSA) is 118 Å². The Bertz CT molecular complexity index is 1760. The van der Waals surface area contributed by atoms with Crippen LogP contribution in [0.2, 0.25) is 5.15 Å². The first-order valence-electron chi connectivity index (χ1n) is 16.5. The molecule has 2 aliphatic carbocycles. The third-order valence-electron chi connectivity index (χ3n) is 10.3. The van der Waals surface area contributed by atoms with Gasteiger partial charge in [0.05, 0.1) is 17.6 Å². The van der Waals surface area contributed by atoms with Crippen molar-refractivity contribution in [2.24, 2.45) is 17.3 Å². The molecule has 2 aliphatic heterocycles. The second-order valence-electron chi connectivity index (χ2n) is 14.1. The molecule has 3 aromatic heterocycles. The lowest BCUT2D eigenvalue weighted by Crippen LogP contribution is -2.65. The molecule has 0 bridgehead atoms. The number of ether oxygens (including phenoxy) is 1. The van der Waals surface area contributed by atoms with E-state index in [1.807, 2.05) is 6.07 Å². The minimum atomic E-state index is -0.351. The molecule has 13 heteroatoms. The lowest BCUT2D eigenvalue weighted by atomic mass is 9.68. The van der Waals surface area contributed by atoms with Crippen LogP contribution in [0.25, 0.3) is 11.1 Å². The molecule has 4 aliphatic rings. The van der Waals surface area contributed by atoms with Crippen molar-refractivity contribution in [2.75, 3.05) is 36.4 Å². The summed E-state index contributed by atoms with van der Waals surface area (Å²) in [6.45, 7) is 8.57. The zero-order chi connectivity index (χ0) is 32.1. The summed E-state index contributed by atoms with van der Waals surface area (Å²) in [6, 6.07) is 7.32. The number of aromatic nitrogens is 7. The number of nitrogens with one attached hydrogen (secondary N) is 1. The summed E-state index contributed by atoms with van der Waals surface area (Å²) in [7, 11) is 0. The normalized spacial score (nSPS) is 22.6. The van der Waals surface area contributed by atoms with E-state index in [1.54, 1.807) is 24.8 Å². The molecule has 0 unspecified atom stereocenters. The number of halogens is 2. The average Bonchev–Trinajstić information content (AvgIpc) is 3.78. The predicted molar refractivity (Wildman–Crippen MR) is 176 cm³/mol. The standard InChI is InChI=1S/C34H38ClFN10O/c1-20(2)31(22-9-24(10-22)42-25-12-29(35)43-40-13-25)46-16-34(17-46)7-8-45(15-34)32-33(44-41-19-39-32)47-28-6-5-23(36)11-26(28)27-14-37-18-38-30(27)21-3-4-21/h5-6,11-14,18-22,24,31H,3-4,7-10,15-17H2,1-2H3,(H,42,43)/t22?,24?,31-/m1/s1. The van der Waals surface area contributed by atoms with Gasteiger partial charge in [-0.3, -0.25) is 4.90 Å². The van der Waals surface area contributed by atoms with Crippen molar-refractivity contribution in [1.29, 1.82) is 0 Å². The highest BCUT2D eigenvalue weighted by Gasteiger charge is 2.53. The van der Waals surface area contributed by atoms with Crippen LogP contribution in [0.15, 0.2) is 49.3 Å². The molecule has 11 nitrogen and oxygen atoms in total. The number of likely N-dealkylation sites (tertiary alicyclic amines) is 1. The Hall–Kier alpha value is -4.03. The zero-order valence-electron chi connectivity index (χ0n) is 26.6. The molecule has 1 atom stereocenters. The van der Waals surface area contributed by atoms with Gasteiger partial charge in [0, 0.05) is 73.0 Å². The minimum Gasteiger partial charge on any atom is -0.434 e. The largest absolute Gasteiger partial charge is 0.434 e. The Kier molecular flexibility index (Phi) is 7.87. The average molecular weight is 657 g/mol. The highest BCUT2D eigenvalue weighted by atomic mass is 35.5.